The monoisotopic (exact) mass is 355 g/mol. The van der Waals surface area contributed by atoms with Crippen LogP contribution in [0.5, 0.6) is 0 Å². The van der Waals surface area contributed by atoms with Crippen molar-refractivity contribution in [3.8, 4) is 11.1 Å². The fourth-order valence-electron chi connectivity index (χ4n) is 3.53. The second-order valence-electron chi connectivity index (χ2n) is 7.39. The third-order valence-corrected chi connectivity index (χ3v) is 5.73. The van der Waals surface area contributed by atoms with Gasteiger partial charge in [-0.15, -0.1) is 0 Å². The summed E-state index contributed by atoms with van der Waals surface area (Å²) in [5, 5.41) is 4.08. The van der Waals surface area contributed by atoms with E-state index in [9.17, 15) is 0 Å². The number of rotatable bonds is 6. The minimum Gasteiger partial charge on any atom is -0.396 e. The summed E-state index contributed by atoms with van der Waals surface area (Å²) in [6.07, 6.45) is 5.30. The number of nitrogens with zero attached hydrogens (tertiary/aromatic N) is 1. The molecule has 0 radical (unpaired) electrons. The van der Waals surface area contributed by atoms with Crippen molar-refractivity contribution >= 4 is 23.0 Å². The number of hydrogen-bond donors (Lipinski definition) is 2. The Bertz CT molecular complexity index is 732. The average molecular weight is 356 g/mol. The highest BCUT2D eigenvalue weighted by atomic mass is 35.5. The van der Waals surface area contributed by atoms with Crippen LogP contribution in [0, 0.1) is 5.92 Å². The van der Waals surface area contributed by atoms with E-state index < -0.39 is 0 Å². The Morgan fingerprint density at radius 1 is 1.04 bits per heavy atom. The normalized spacial score (nSPS) is 17.8. The smallest absolute Gasteiger partial charge is 0.0745 e. The zero-order chi connectivity index (χ0) is 17.2. The molecule has 0 spiro atoms. The van der Waals surface area contributed by atoms with Crippen LogP contribution < -0.4 is 11.1 Å². The van der Waals surface area contributed by atoms with Crippen LogP contribution in [0.4, 0.5) is 11.4 Å². The summed E-state index contributed by atoms with van der Waals surface area (Å²) in [5.41, 5.74) is 11.4. The molecular weight excluding hydrogens is 330 g/mol. The maximum atomic E-state index is 6.57. The van der Waals surface area contributed by atoms with Crippen molar-refractivity contribution in [3.63, 3.8) is 0 Å². The number of nitrogens with two attached hydrogens (primary N) is 1. The van der Waals surface area contributed by atoms with Gasteiger partial charge < -0.3 is 11.1 Å². The highest BCUT2D eigenvalue weighted by Crippen LogP contribution is 2.38. The molecule has 1 saturated heterocycles. The van der Waals surface area contributed by atoms with Crippen LogP contribution in [-0.2, 0) is 6.54 Å². The molecule has 1 saturated carbocycles. The third kappa shape index (κ3) is 3.94. The summed E-state index contributed by atoms with van der Waals surface area (Å²) in [4.78, 5) is 2.51. The van der Waals surface area contributed by atoms with E-state index in [1.807, 2.05) is 0 Å². The molecule has 2 aromatic rings. The Labute approximate surface area is 155 Å². The lowest BCUT2D eigenvalue weighted by Crippen LogP contribution is -2.18. The summed E-state index contributed by atoms with van der Waals surface area (Å²) < 4.78 is 0. The molecule has 2 aromatic carbocycles. The molecule has 0 bridgehead atoms. The molecule has 4 rings (SSSR count). The van der Waals surface area contributed by atoms with Crippen molar-refractivity contribution in [2.45, 2.75) is 32.2 Å². The zero-order valence-electron chi connectivity index (χ0n) is 14.6. The molecule has 1 heterocycles. The molecule has 25 heavy (non-hydrogen) atoms. The molecule has 132 valence electrons. The molecule has 4 heteroatoms. The van der Waals surface area contributed by atoms with Crippen molar-refractivity contribution in [1.82, 2.24) is 4.90 Å². The number of hydrogen-bond acceptors (Lipinski definition) is 3. The Balaban J connectivity index is 1.49. The highest BCUT2D eigenvalue weighted by molar-refractivity contribution is 6.36. The highest BCUT2D eigenvalue weighted by Gasteiger charge is 2.21. The van der Waals surface area contributed by atoms with Gasteiger partial charge in [0.1, 0.15) is 0 Å². The van der Waals surface area contributed by atoms with Crippen LogP contribution >= 0.6 is 11.6 Å². The topological polar surface area (TPSA) is 41.3 Å². The van der Waals surface area contributed by atoms with E-state index in [-0.39, 0.29) is 0 Å². The van der Waals surface area contributed by atoms with Crippen molar-refractivity contribution in [3.05, 3.63) is 47.0 Å². The summed E-state index contributed by atoms with van der Waals surface area (Å²) in [6, 6.07) is 12.9. The van der Waals surface area contributed by atoms with Crippen LogP contribution in [-0.4, -0.2) is 24.5 Å². The van der Waals surface area contributed by atoms with E-state index in [0.717, 1.165) is 35.8 Å². The first kappa shape index (κ1) is 16.7. The Morgan fingerprint density at radius 3 is 2.44 bits per heavy atom. The SMILES string of the molecule is Nc1c(NCC2CC2)ccc(-c2ccc(CN3CCCC3)cc2)c1Cl. The van der Waals surface area contributed by atoms with E-state index in [2.05, 4.69) is 46.6 Å². The van der Waals surface area contributed by atoms with Crippen molar-refractivity contribution in [2.24, 2.45) is 5.92 Å². The predicted molar refractivity (Wildman–Crippen MR) is 107 cm³/mol. The second-order valence-corrected chi connectivity index (χ2v) is 7.77. The van der Waals surface area contributed by atoms with Gasteiger partial charge in [-0.25, -0.2) is 0 Å². The summed E-state index contributed by atoms with van der Waals surface area (Å²) in [5.74, 6) is 0.806. The standard InChI is InChI=1S/C21H26ClN3/c22-20-18(9-10-19(21(20)23)24-13-15-3-4-15)17-7-5-16(6-8-17)14-25-11-1-2-12-25/h5-10,15,24H,1-4,11-14,23H2. The third-order valence-electron chi connectivity index (χ3n) is 5.33. The van der Waals surface area contributed by atoms with Crippen LogP contribution in [0.1, 0.15) is 31.2 Å². The molecule has 0 amide bonds. The van der Waals surface area contributed by atoms with Crippen LogP contribution in [0.15, 0.2) is 36.4 Å². The fourth-order valence-corrected chi connectivity index (χ4v) is 3.81. The van der Waals surface area contributed by atoms with Gasteiger partial charge in [0.25, 0.3) is 0 Å². The Kier molecular flexibility index (Phi) is 4.87. The molecule has 1 aliphatic carbocycles. The molecule has 2 aliphatic rings. The van der Waals surface area contributed by atoms with Crippen molar-refractivity contribution in [2.75, 3.05) is 30.7 Å². The van der Waals surface area contributed by atoms with Gasteiger partial charge in [0.05, 0.1) is 16.4 Å². The van der Waals surface area contributed by atoms with Crippen LogP contribution in [0.25, 0.3) is 11.1 Å². The molecule has 1 aliphatic heterocycles. The quantitative estimate of drug-likeness (QED) is 0.716. The van der Waals surface area contributed by atoms with Gasteiger partial charge in [0, 0.05) is 18.7 Å². The lowest BCUT2D eigenvalue weighted by molar-refractivity contribution is 0.331. The van der Waals surface area contributed by atoms with Gasteiger partial charge in [-0.3, -0.25) is 4.90 Å². The van der Waals surface area contributed by atoms with Gasteiger partial charge in [0.2, 0.25) is 0 Å². The minimum absolute atomic E-state index is 0.646. The summed E-state index contributed by atoms with van der Waals surface area (Å²) in [7, 11) is 0. The van der Waals surface area contributed by atoms with Gasteiger partial charge >= 0.3 is 0 Å². The minimum atomic E-state index is 0.646. The number of benzene rings is 2. The maximum Gasteiger partial charge on any atom is 0.0745 e. The van der Waals surface area contributed by atoms with Crippen molar-refractivity contribution < 1.29 is 0 Å². The Hall–Kier alpha value is -1.71. The molecule has 0 aromatic heterocycles. The van der Waals surface area contributed by atoms with Crippen LogP contribution in [0.2, 0.25) is 5.02 Å². The lowest BCUT2D eigenvalue weighted by atomic mass is 10.0. The first-order chi connectivity index (χ1) is 12.2. The largest absolute Gasteiger partial charge is 0.396 e. The van der Waals surface area contributed by atoms with Crippen molar-refractivity contribution in [1.29, 1.82) is 0 Å². The lowest BCUT2D eigenvalue weighted by Gasteiger charge is -2.16. The van der Waals surface area contributed by atoms with E-state index in [4.69, 9.17) is 17.3 Å². The molecule has 3 nitrogen and oxygen atoms in total. The van der Waals surface area contributed by atoms with Gasteiger partial charge in [-0.1, -0.05) is 41.9 Å². The average Bonchev–Trinajstić information content (AvgIpc) is 3.32. The number of anilines is 2. The molecule has 2 fully saturated rings. The van der Waals surface area contributed by atoms with E-state index in [0.29, 0.717) is 10.7 Å². The molecule has 0 atom stereocenters. The Morgan fingerprint density at radius 2 is 1.76 bits per heavy atom. The maximum absolute atomic E-state index is 6.57. The van der Waals surface area contributed by atoms with E-state index >= 15 is 0 Å². The first-order valence-electron chi connectivity index (χ1n) is 9.34. The summed E-state index contributed by atoms with van der Waals surface area (Å²) in [6.45, 7) is 4.48. The summed E-state index contributed by atoms with van der Waals surface area (Å²) >= 11 is 6.57. The van der Waals surface area contributed by atoms with E-state index in [1.54, 1.807) is 0 Å². The number of likely N-dealkylation sites (tertiary alicyclic amines) is 1. The molecule has 3 N–H and O–H groups in total. The van der Waals surface area contributed by atoms with Gasteiger partial charge in [-0.05, 0) is 61.9 Å². The first-order valence-corrected chi connectivity index (χ1v) is 9.72. The van der Waals surface area contributed by atoms with Gasteiger partial charge in [-0.2, -0.15) is 0 Å². The van der Waals surface area contributed by atoms with Crippen LogP contribution in [0.3, 0.4) is 0 Å². The fraction of sp³-hybridized carbons (Fsp3) is 0.429. The number of nitrogens with one attached hydrogen (secondary N) is 1. The zero-order valence-corrected chi connectivity index (χ0v) is 15.4. The number of halogens is 1. The second kappa shape index (κ2) is 7.27. The van der Waals surface area contributed by atoms with E-state index in [1.165, 1.54) is 44.3 Å². The predicted octanol–water partition coefficient (Wildman–Crippen LogP) is 5.01. The van der Waals surface area contributed by atoms with Gasteiger partial charge in [0.15, 0.2) is 0 Å². The molecule has 0 unspecified atom stereocenters. The molecular formula is C21H26ClN3. The number of nitrogen functional groups attached to an aromatic ring is 1.